The van der Waals surface area contributed by atoms with Gasteiger partial charge in [-0.05, 0) is 43.3 Å². The summed E-state index contributed by atoms with van der Waals surface area (Å²) < 4.78 is 1.53. The van der Waals surface area contributed by atoms with Crippen LogP contribution in [0.3, 0.4) is 0 Å². The number of nitrogens with one attached hydrogen (secondary N) is 1. The quantitative estimate of drug-likeness (QED) is 0.764. The van der Waals surface area contributed by atoms with Gasteiger partial charge in [0.05, 0.1) is 24.2 Å². The average Bonchev–Trinajstić information content (AvgIpc) is 3.02. The van der Waals surface area contributed by atoms with E-state index in [1.54, 1.807) is 48.8 Å². The fourth-order valence-electron chi connectivity index (χ4n) is 2.17. The molecular formula is C17H15ClN4O2. The molecule has 1 amide bonds. The molecule has 6 nitrogen and oxygen atoms in total. The van der Waals surface area contributed by atoms with Crippen LogP contribution >= 0.6 is 11.6 Å². The Morgan fingerprint density at radius 3 is 2.62 bits per heavy atom. The zero-order chi connectivity index (χ0) is 17.1. The van der Waals surface area contributed by atoms with Gasteiger partial charge in [0.2, 0.25) is 0 Å². The predicted molar refractivity (Wildman–Crippen MR) is 91.4 cm³/mol. The Bertz CT molecular complexity index is 857. The minimum absolute atomic E-state index is 0.160. The number of aliphatic hydroxyl groups is 1. The van der Waals surface area contributed by atoms with E-state index in [4.69, 9.17) is 11.6 Å². The van der Waals surface area contributed by atoms with Gasteiger partial charge in [-0.3, -0.25) is 9.78 Å². The van der Waals surface area contributed by atoms with Crippen LogP contribution in [-0.4, -0.2) is 25.8 Å². The zero-order valence-electron chi connectivity index (χ0n) is 12.9. The third kappa shape index (κ3) is 3.45. The molecule has 0 unspecified atom stereocenters. The third-order valence-corrected chi connectivity index (χ3v) is 3.69. The molecule has 1 aromatic carbocycles. The fraction of sp³-hybridized carbons (Fsp3) is 0.118. The molecule has 2 aromatic heterocycles. The van der Waals surface area contributed by atoms with Crippen LogP contribution in [0.2, 0.25) is 5.02 Å². The Kier molecular flexibility index (Phi) is 4.59. The maximum atomic E-state index is 12.4. The lowest BCUT2D eigenvalue weighted by Gasteiger charge is -2.04. The number of rotatable bonds is 4. The molecule has 0 aliphatic carbocycles. The highest BCUT2D eigenvalue weighted by molar-refractivity contribution is 6.30. The predicted octanol–water partition coefficient (Wildman–Crippen LogP) is 2.97. The molecule has 3 aromatic rings. The zero-order valence-corrected chi connectivity index (χ0v) is 13.7. The summed E-state index contributed by atoms with van der Waals surface area (Å²) in [5.74, 6) is -0.405. The maximum Gasteiger partial charge on any atom is 0.276 e. The van der Waals surface area contributed by atoms with Crippen molar-refractivity contribution in [1.82, 2.24) is 14.8 Å². The molecule has 122 valence electrons. The van der Waals surface area contributed by atoms with Gasteiger partial charge in [-0.25, -0.2) is 4.68 Å². The van der Waals surface area contributed by atoms with Crippen molar-refractivity contribution in [3.63, 3.8) is 0 Å². The molecule has 0 radical (unpaired) electrons. The minimum atomic E-state index is -0.405. The Hall–Kier alpha value is -2.70. The van der Waals surface area contributed by atoms with E-state index < -0.39 is 5.91 Å². The first-order valence-corrected chi connectivity index (χ1v) is 7.64. The first-order chi connectivity index (χ1) is 11.6. The standard InChI is InChI=1S/C17H15ClN4O2/c1-11-2-5-14(8-19-11)20-17(24)16-12(10-23)9-22(21-16)15-6-3-13(18)4-7-15/h2-9,23H,10H2,1H3,(H,20,24). The average molecular weight is 343 g/mol. The second-order valence-electron chi connectivity index (χ2n) is 5.22. The maximum absolute atomic E-state index is 12.4. The number of carbonyl (C=O) groups excluding carboxylic acids is 1. The number of benzene rings is 1. The number of amides is 1. The van der Waals surface area contributed by atoms with Crippen molar-refractivity contribution >= 4 is 23.2 Å². The summed E-state index contributed by atoms with van der Waals surface area (Å²) in [5.41, 5.74) is 2.76. The highest BCUT2D eigenvalue weighted by Crippen LogP contribution is 2.17. The lowest BCUT2D eigenvalue weighted by Crippen LogP contribution is -2.15. The van der Waals surface area contributed by atoms with E-state index >= 15 is 0 Å². The van der Waals surface area contributed by atoms with Crippen LogP contribution in [0.5, 0.6) is 0 Å². The third-order valence-electron chi connectivity index (χ3n) is 3.44. The summed E-state index contributed by atoms with van der Waals surface area (Å²) in [6, 6.07) is 10.6. The highest BCUT2D eigenvalue weighted by atomic mass is 35.5. The number of nitrogens with zero attached hydrogens (tertiary/aromatic N) is 3. The molecule has 24 heavy (non-hydrogen) atoms. The molecular weight excluding hydrogens is 328 g/mol. The van der Waals surface area contributed by atoms with Gasteiger partial charge >= 0.3 is 0 Å². The van der Waals surface area contributed by atoms with Crippen molar-refractivity contribution in [2.45, 2.75) is 13.5 Å². The Morgan fingerprint density at radius 2 is 2.00 bits per heavy atom. The van der Waals surface area contributed by atoms with E-state index in [0.29, 0.717) is 16.3 Å². The molecule has 0 aliphatic heterocycles. The second-order valence-corrected chi connectivity index (χ2v) is 5.66. The van der Waals surface area contributed by atoms with Gasteiger partial charge in [0.25, 0.3) is 5.91 Å². The molecule has 2 N–H and O–H groups in total. The number of aromatic nitrogens is 3. The summed E-state index contributed by atoms with van der Waals surface area (Å²) in [4.78, 5) is 16.6. The molecule has 0 atom stereocenters. The van der Waals surface area contributed by atoms with E-state index in [9.17, 15) is 9.90 Å². The van der Waals surface area contributed by atoms with Gasteiger partial charge in [-0.1, -0.05) is 11.6 Å². The van der Waals surface area contributed by atoms with E-state index in [0.717, 1.165) is 11.4 Å². The lowest BCUT2D eigenvalue weighted by atomic mass is 10.2. The van der Waals surface area contributed by atoms with Gasteiger partial charge in [-0.2, -0.15) is 5.10 Å². The number of pyridine rings is 1. The number of aliphatic hydroxyl groups excluding tert-OH is 1. The Labute approximate surface area is 143 Å². The topological polar surface area (TPSA) is 80.0 Å². The van der Waals surface area contributed by atoms with Gasteiger partial charge < -0.3 is 10.4 Å². The first-order valence-electron chi connectivity index (χ1n) is 7.26. The molecule has 0 bridgehead atoms. The van der Waals surface area contributed by atoms with Gasteiger partial charge in [0.1, 0.15) is 0 Å². The van der Waals surface area contributed by atoms with Crippen LogP contribution < -0.4 is 5.32 Å². The largest absolute Gasteiger partial charge is 0.392 e. The fourth-order valence-corrected chi connectivity index (χ4v) is 2.30. The monoisotopic (exact) mass is 342 g/mol. The van der Waals surface area contributed by atoms with Crippen LogP contribution in [0.15, 0.2) is 48.8 Å². The van der Waals surface area contributed by atoms with Crippen molar-refractivity contribution in [3.05, 3.63) is 70.8 Å². The summed E-state index contributed by atoms with van der Waals surface area (Å²) in [5, 5.41) is 17.1. The lowest BCUT2D eigenvalue weighted by molar-refractivity contribution is 0.101. The van der Waals surface area contributed by atoms with Crippen molar-refractivity contribution < 1.29 is 9.90 Å². The number of halogens is 1. The first kappa shape index (κ1) is 16.2. The number of hydrogen-bond acceptors (Lipinski definition) is 4. The van der Waals surface area contributed by atoms with Gasteiger partial charge in [0, 0.05) is 22.5 Å². The van der Waals surface area contributed by atoms with E-state index in [2.05, 4.69) is 15.4 Å². The molecule has 0 spiro atoms. The van der Waals surface area contributed by atoms with Crippen molar-refractivity contribution in [3.8, 4) is 5.69 Å². The summed E-state index contributed by atoms with van der Waals surface area (Å²) in [6.45, 7) is 1.58. The van der Waals surface area contributed by atoms with Crippen molar-refractivity contribution in [2.75, 3.05) is 5.32 Å². The van der Waals surface area contributed by atoms with Crippen molar-refractivity contribution in [1.29, 1.82) is 0 Å². The number of aryl methyl sites for hydroxylation is 1. The number of hydrogen-bond donors (Lipinski definition) is 2. The SMILES string of the molecule is Cc1ccc(NC(=O)c2nn(-c3ccc(Cl)cc3)cc2CO)cn1. The van der Waals surface area contributed by atoms with Crippen LogP contribution in [0, 0.1) is 6.92 Å². The molecule has 0 saturated heterocycles. The molecule has 2 heterocycles. The summed E-state index contributed by atoms with van der Waals surface area (Å²) in [6.07, 6.45) is 3.19. The smallest absolute Gasteiger partial charge is 0.276 e. The van der Waals surface area contributed by atoms with Crippen LogP contribution in [0.4, 0.5) is 5.69 Å². The highest BCUT2D eigenvalue weighted by Gasteiger charge is 2.17. The van der Waals surface area contributed by atoms with E-state index in [1.807, 2.05) is 6.92 Å². The second kappa shape index (κ2) is 6.82. The molecule has 3 rings (SSSR count). The Balaban J connectivity index is 1.88. The molecule has 0 aliphatic rings. The Morgan fingerprint density at radius 1 is 1.25 bits per heavy atom. The van der Waals surface area contributed by atoms with Crippen LogP contribution in [-0.2, 0) is 6.61 Å². The van der Waals surface area contributed by atoms with Gasteiger partial charge in [-0.15, -0.1) is 0 Å². The van der Waals surface area contributed by atoms with E-state index in [-0.39, 0.29) is 12.3 Å². The molecule has 0 fully saturated rings. The number of anilines is 1. The normalized spacial score (nSPS) is 10.6. The van der Waals surface area contributed by atoms with Gasteiger partial charge in [0.15, 0.2) is 5.69 Å². The van der Waals surface area contributed by atoms with E-state index in [1.165, 1.54) is 4.68 Å². The summed E-state index contributed by atoms with van der Waals surface area (Å²) in [7, 11) is 0. The minimum Gasteiger partial charge on any atom is -0.392 e. The summed E-state index contributed by atoms with van der Waals surface area (Å²) >= 11 is 5.88. The van der Waals surface area contributed by atoms with Crippen LogP contribution in [0.25, 0.3) is 5.69 Å². The molecule has 7 heteroatoms. The molecule has 0 saturated carbocycles. The number of carbonyl (C=O) groups is 1. The van der Waals surface area contributed by atoms with Crippen molar-refractivity contribution in [2.24, 2.45) is 0 Å². The van der Waals surface area contributed by atoms with Crippen LogP contribution in [0.1, 0.15) is 21.7 Å².